The van der Waals surface area contributed by atoms with Crippen molar-refractivity contribution in [2.75, 3.05) is 20.2 Å². The molecule has 1 N–H and O–H groups in total. The monoisotopic (exact) mass is 329 g/mol. The van der Waals surface area contributed by atoms with E-state index in [4.69, 9.17) is 9.84 Å². The van der Waals surface area contributed by atoms with Crippen LogP contribution in [-0.4, -0.2) is 36.2 Å². The first-order valence-electron chi connectivity index (χ1n) is 6.25. The fourth-order valence-corrected chi connectivity index (χ4v) is 2.18. The predicted molar refractivity (Wildman–Crippen MR) is 78.4 cm³/mol. The largest absolute Gasteiger partial charge is 0.497 e. The third kappa shape index (κ3) is 4.84. The maximum absolute atomic E-state index is 10.9. The van der Waals surface area contributed by atoms with E-state index in [1.807, 2.05) is 25.1 Å². The van der Waals surface area contributed by atoms with Crippen molar-refractivity contribution < 1.29 is 14.6 Å². The zero-order valence-corrected chi connectivity index (χ0v) is 13.1. The van der Waals surface area contributed by atoms with E-state index >= 15 is 0 Å². The van der Waals surface area contributed by atoms with Crippen molar-refractivity contribution in [1.82, 2.24) is 4.90 Å². The molecule has 0 aliphatic heterocycles. The second kappa shape index (κ2) is 7.50. The maximum atomic E-state index is 10.9. The molecule has 0 fully saturated rings. The molecule has 0 bridgehead atoms. The molecule has 0 saturated carbocycles. The number of methoxy groups -OCH3 is 1. The second-order valence-corrected chi connectivity index (χ2v) is 5.38. The van der Waals surface area contributed by atoms with Gasteiger partial charge < -0.3 is 9.84 Å². The van der Waals surface area contributed by atoms with Crippen molar-refractivity contribution in [3.8, 4) is 5.75 Å². The van der Waals surface area contributed by atoms with Crippen molar-refractivity contribution in [2.45, 2.75) is 20.4 Å². The van der Waals surface area contributed by atoms with Crippen molar-refractivity contribution in [2.24, 2.45) is 5.92 Å². The molecule has 0 amide bonds. The van der Waals surface area contributed by atoms with Crippen molar-refractivity contribution in [3.05, 3.63) is 28.2 Å². The number of hydrogen-bond donors (Lipinski definition) is 1. The van der Waals surface area contributed by atoms with Gasteiger partial charge in [0.25, 0.3) is 0 Å². The van der Waals surface area contributed by atoms with Crippen LogP contribution < -0.4 is 4.74 Å². The van der Waals surface area contributed by atoms with E-state index in [-0.39, 0.29) is 5.92 Å². The van der Waals surface area contributed by atoms with E-state index in [9.17, 15) is 4.79 Å². The van der Waals surface area contributed by atoms with E-state index in [0.29, 0.717) is 13.1 Å². The highest BCUT2D eigenvalue weighted by Crippen LogP contribution is 2.24. The average Bonchev–Trinajstić information content (AvgIpc) is 2.39. The maximum Gasteiger partial charge on any atom is 0.307 e. The summed E-state index contributed by atoms with van der Waals surface area (Å²) in [6.45, 7) is 5.80. The molecule has 106 valence electrons. The molecule has 1 unspecified atom stereocenters. The first-order valence-corrected chi connectivity index (χ1v) is 7.04. The lowest BCUT2D eigenvalue weighted by Gasteiger charge is -2.23. The number of ether oxygens (including phenoxy) is 1. The number of hydrogen-bond acceptors (Lipinski definition) is 3. The van der Waals surface area contributed by atoms with Crippen LogP contribution in [0.25, 0.3) is 0 Å². The summed E-state index contributed by atoms with van der Waals surface area (Å²) >= 11 is 3.51. The number of carbonyl (C=O) groups is 1. The summed E-state index contributed by atoms with van der Waals surface area (Å²) in [5, 5.41) is 8.97. The minimum Gasteiger partial charge on any atom is -0.497 e. The van der Waals surface area contributed by atoms with Gasteiger partial charge in [-0.1, -0.05) is 29.8 Å². The second-order valence-electron chi connectivity index (χ2n) is 4.52. The molecule has 0 radical (unpaired) electrons. The highest BCUT2D eigenvalue weighted by molar-refractivity contribution is 9.10. The lowest BCUT2D eigenvalue weighted by atomic mass is 10.1. The summed E-state index contributed by atoms with van der Waals surface area (Å²) in [6.07, 6.45) is 0. The molecule has 0 aliphatic carbocycles. The van der Waals surface area contributed by atoms with Crippen molar-refractivity contribution in [3.63, 3.8) is 0 Å². The number of halogens is 1. The van der Waals surface area contributed by atoms with Crippen LogP contribution in [0.5, 0.6) is 5.75 Å². The van der Waals surface area contributed by atoms with Gasteiger partial charge in [0.2, 0.25) is 0 Å². The summed E-state index contributed by atoms with van der Waals surface area (Å²) in [7, 11) is 1.64. The molecule has 0 aliphatic rings. The molecule has 1 aromatic carbocycles. The Bertz CT molecular complexity index is 437. The van der Waals surface area contributed by atoms with Crippen molar-refractivity contribution in [1.29, 1.82) is 0 Å². The van der Waals surface area contributed by atoms with E-state index in [2.05, 4.69) is 20.8 Å². The third-order valence-electron chi connectivity index (χ3n) is 3.05. The molecule has 0 aromatic heterocycles. The number of rotatable bonds is 7. The standard InChI is InChI=1S/C14H20BrNO3/c1-4-16(8-10(2)14(17)18)9-11-7-12(19-3)5-6-13(11)15/h5-7,10H,4,8-9H2,1-3H3,(H,17,18). The van der Waals surface area contributed by atoms with E-state index in [0.717, 1.165) is 22.3 Å². The highest BCUT2D eigenvalue weighted by atomic mass is 79.9. The molecule has 0 saturated heterocycles. The van der Waals surface area contributed by atoms with E-state index < -0.39 is 5.97 Å². The fourth-order valence-electron chi connectivity index (χ4n) is 1.81. The Labute approximate surface area is 122 Å². The van der Waals surface area contributed by atoms with Crippen LogP contribution in [-0.2, 0) is 11.3 Å². The number of carboxylic acid groups (broad SMARTS) is 1. The summed E-state index contributed by atoms with van der Waals surface area (Å²) in [5.74, 6) is -0.326. The van der Waals surface area contributed by atoms with Gasteiger partial charge in [-0.15, -0.1) is 0 Å². The lowest BCUT2D eigenvalue weighted by Crippen LogP contribution is -2.31. The normalized spacial score (nSPS) is 12.5. The van der Waals surface area contributed by atoms with Gasteiger partial charge in [-0.2, -0.15) is 0 Å². The smallest absolute Gasteiger partial charge is 0.307 e. The topological polar surface area (TPSA) is 49.8 Å². The number of carboxylic acids is 1. The molecule has 19 heavy (non-hydrogen) atoms. The van der Waals surface area contributed by atoms with Crippen LogP contribution in [0.15, 0.2) is 22.7 Å². The molecule has 0 heterocycles. The Morgan fingerprint density at radius 2 is 2.21 bits per heavy atom. The summed E-state index contributed by atoms with van der Waals surface area (Å²) in [6, 6.07) is 5.81. The molecule has 1 atom stereocenters. The lowest BCUT2D eigenvalue weighted by molar-refractivity contribution is -0.141. The quantitative estimate of drug-likeness (QED) is 0.835. The third-order valence-corrected chi connectivity index (χ3v) is 3.82. The molecule has 5 heteroatoms. The molecule has 0 spiro atoms. The van der Waals surface area contributed by atoms with Gasteiger partial charge in [0.1, 0.15) is 5.75 Å². The summed E-state index contributed by atoms with van der Waals surface area (Å²) in [5.41, 5.74) is 1.10. The van der Waals surface area contributed by atoms with Gasteiger partial charge in [-0.25, -0.2) is 0 Å². The fraction of sp³-hybridized carbons (Fsp3) is 0.500. The van der Waals surface area contributed by atoms with Crippen LogP contribution in [0.2, 0.25) is 0 Å². The van der Waals surface area contributed by atoms with Gasteiger partial charge in [-0.3, -0.25) is 9.69 Å². The Kier molecular flexibility index (Phi) is 6.31. The van der Waals surface area contributed by atoms with Crippen LogP contribution in [0.3, 0.4) is 0 Å². The highest BCUT2D eigenvalue weighted by Gasteiger charge is 2.16. The number of nitrogens with zero attached hydrogens (tertiary/aromatic N) is 1. The zero-order valence-electron chi connectivity index (χ0n) is 11.5. The molecule has 1 aromatic rings. The van der Waals surface area contributed by atoms with Crippen LogP contribution in [0, 0.1) is 5.92 Å². The van der Waals surface area contributed by atoms with E-state index in [1.165, 1.54) is 0 Å². The Balaban J connectivity index is 2.77. The average molecular weight is 330 g/mol. The van der Waals surface area contributed by atoms with Gasteiger partial charge in [0.05, 0.1) is 13.0 Å². The van der Waals surface area contributed by atoms with Crippen molar-refractivity contribution >= 4 is 21.9 Å². The summed E-state index contributed by atoms with van der Waals surface area (Å²) in [4.78, 5) is 13.0. The molecular formula is C14H20BrNO3. The van der Waals surface area contributed by atoms with E-state index in [1.54, 1.807) is 14.0 Å². The first-order chi connectivity index (χ1) is 8.97. The SMILES string of the molecule is CCN(Cc1cc(OC)ccc1Br)CC(C)C(=O)O. The molecule has 1 rings (SSSR count). The molecule has 4 nitrogen and oxygen atoms in total. The zero-order chi connectivity index (χ0) is 14.4. The Hall–Kier alpha value is -1.07. The molecular weight excluding hydrogens is 310 g/mol. The van der Waals surface area contributed by atoms with Gasteiger partial charge in [0.15, 0.2) is 0 Å². The minimum atomic E-state index is -0.761. The van der Waals surface area contributed by atoms with Gasteiger partial charge in [-0.05, 0) is 30.3 Å². The number of aliphatic carboxylic acids is 1. The van der Waals surface area contributed by atoms with Crippen LogP contribution >= 0.6 is 15.9 Å². The number of benzene rings is 1. The van der Waals surface area contributed by atoms with Crippen LogP contribution in [0.1, 0.15) is 19.4 Å². The first kappa shape index (κ1) is 16.0. The Morgan fingerprint density at radius 1 is 1.53 bits per heavy atom. The Morgan fingerprint density at radius 3 is 2.74 bits per heavy atom. The predicted octanol–water partition coefficient (Wildman–Crippen LogP) is 3.00. The summed E-state index contributed by atoms with van der Waals surface area (Å²) < 4.78 is 6.22. The van der Waals surface area contributed by atoms with Gasteiger partial charge in [0, 0.05) is 17.6 Å². The minimum absolute atomic E-state index is 0.371. The van der Waals surface area contributed by atoms with Crippen LogP contribution in [0.4, 0.5) is 0 Å². The van der Waals surface area contributed by atoms with Gasteiger partial charge >= 0.3 is 5.97 Å².